The molecule has 0 bridgehead atoms. The summed E-state index contributed by atoms with van der Waals surface area (Å²) in [7, 11) is 3.00. The van der Waals surface area contributed by atoms with Gasteiger partial charge in [0.2, 0.25) is 0 Å². The van der Waals surface area contributed by atoms with Crippen molar-refractivity contribution < 1.29 is 38.3 Å². The van der Waals surface area contributed by atoms with Gasteiger partial charge in [0, 0.05) is 31.5 Å². The Labute approximate surface area is 219 Å². The smallest absolute Gasteiger partial charge is 0.303 e. The lowest BCUT2D eigenvalue weighted by atomic mass is 9.81. The van der Waals surface area contributed by atoms with Gasteiger partial charge in [-0.2, -0.15) is 0 Å². The monoisotopic (exact) mass is 521 g/mol. The second-order valence-corrected chi connectivity index (χ2v) is 8.30. The number of nitrogens with zero attached hydrogens (tertiary/aromatic N) is 1. The molecular formula is C28H27NO9. The number of non-ortho nitro benzene ring substituents is 1. The third-order valence-electron chi connectivity index (χ3n) is 5.79. The predicted molar refractivity (Wildman–Crippen MR) is 136 cm³/mol. The average Bonchev–Trinajstić information content (AvgIpc) is 2.91. The second-order valence-electron chi connectivity index (χ2n) is 8.30. The average molecular weight is 522 g/mol. The van der Waals surface area contributed by atoms with Crippen LogP contribution in [0.25, 0.3) is 0 Å². The summed E-state index contributed by atoms with van der Waals surface area (Å²) in [6.45, 7) is 2.41. The van der Waals surface area contributed by atoms with E-state index in [0.717, 1.165) is 0 Å². The van der Waals surface area contributed by atoms with E-state index in [9.17, 15) is 24.5 Å². The van der Waals surface area contributed by atoms with Crippen LogP contribution in [0.3, 0.4) is 0 Å². The van der Waals surface area contributed by atoms with Crippen molar-refractivity contribution in [3.05, 3.63) is 99.6 Å². The maximum absolute atomic E-state index is 14.1. The van der Waals surface area contributed by atoms with E-state index in [-0.39, 0.29) is 11.3 Å². The Morgan fingerprint density at radius 1 is 0.684 bits per heavy atom. The predicted octanol–water partition coefficient (Wildman–Crippen LogP) is 5.02. The lowest BCUT2D eigenvalue weighted by Gasteiger charge is -2.32. The van der Waals surface area contributed by atoms with Gasteiger partial charge in [0.15, 0.2) is 5.78 Å². The van der Waals surface area contributed by atoms with E-state index in [1.165, 1.54) is 52.3 Å². The SMILES string of the molecule is COc1ccc([C@H](OC(C)=O)C(C(=O)c2ccc([N+](=O)[O-])cc2)[C@@H](OC(C)=O)c2ccc(OC)cc2)cc1. The van der Waals surface area contributed by atoms with Crippen molar-refractivity contribution in [1.29, 1.82) is 0 Å². The van der Waals surface area contributed by atoms with Crippen molar-refractivity contribution >= 4 is 23.4 Å². The van der Waals surface area contributed by atoms with Gasteiger partial charge in [-0.15, -0.1) is 0 Å². The van der Waals surface area contributed by atoms with Gasteiger partial charge in [-0.05, 0) is 47.5 Å². The maximum atomic E-state index is 14.1. The van der Waals surface area contributed by atoms with Crippen molar-refractivity contribution in [2.45, 2.75) is 26.1 Å². The normalized spacial score (nSPS) is 12.2. The standard InChI is InChI=1S/C28H27NO9/c1-17(30)37-27(20-7-13-23(35-3)14-8-20)25(26(32)19-5-11-22(12-6-19)29(33)34)28(38-18(2)31)21-9-15-24(36-4)16-10-21/h5-16,25,27-28H,1-4H3/t27-,28-/m0/s1. The molecule has 2 atom stereocenters. The zero-order valence-corrected chi connectivity index (χ0v) is 21.3. The number of ketones is 1. The Bertz CT molecular complexity index is 1220. The number of hydrogen-bond donors (Lipinski definition) is 0. The van der Waals surface area contributed by atoms with Gasteiger partial charge in [0.1, 0.15) is 29.6 Å². The molecule has 3 aromatic rings. The molecule has 0 N–H and O–H groups in total. The first-order valence-electron chi connectivity index (χ1n) is 11.6. The van der Waals surface area contributed by atoms with Crippen LogP contribution in [0.4, 0.5) is 5.69 Å². The Hall–Kier alpha value is -4.73. The number of carbonyl (C=O) groups is 3. The molecule has 0 unspecified atom stereocenters. The van der Waals surface area contributed by atoms with Crippen LogP contribution in [0.15, 0.2) is 72.8 Å². The lowest BCUT2D eigenvalue weighted by molar-refractivity contribution is -0.384. The largest absolute Gasteiger partial charge is 0.497 e. The van der Waals surface area contributed by atoms with E-state index in [1.807, 2.05) is 0 Å². The Morgan fingerprint density at radius 2 is 1.08 bits per heavy atom. The topological polar surface area (TPSA) is 131 Å². The second kappa shape index (κ2) is 12.5. The summed E-state index contributed by atoms with van der Waals surface area (Å²) in [6, 6.07) is 18.2. The van der Waals surface area contributed by atoms with Crippen molar-refractivity contribution in [2.24, 2.45) is 5.92 Å². The zero-order chi connectivity index (χ0) is 27.8. The zero-order valence-electron chi connectivity index (χ0n) is 21.3. The van der Waals surface area contributed by atoms with Crippen molar-refractivity contribution in [1.82, 2.24) is 0 Å². The highest BCUT2D eigenvalue weighted by Gasteiger charge is 2.42. The van der Waals surface area contributed by atoms with Gasteiger partial charge in [-0.1, -0.05) is 24.3 Å². The van der Waals surface area contributed by atoms with Crippen LogP contribution in [0, 0.1) is 16.0 Å². The van der Waals surface area contributed by atoms with E-state index < -0.39 is 40.8 Å². The quantitative estimate of drug-likeness (QED) is 0.148. The number of carbonyl (C=O) groups excluding carboxylic acids is 3. The molecule has 10 nitrogen and oxygen atoms in total. The fourth-order valence-corrected chi connectivity index (χ4v) is 4.02. The Kier molecular flexibility index (Phi) is 9.15. The number of ether oxygens (including phenoxy) is 4. The third-order valence-corrected chi connectivity index (χ3v) is 5.79. The van der Waals surface area contributed by atoms with Gasteiger partial charge < -0.3 is 18.9 Å². The highest BCUT2D eigenvalue weighted by Crippen LogP contribution is 2.41. The van der Waals surface area contributed by atoms with Crippen LogP contribution in [-0.4, -0.2) is 36.9 Å². The summed E-state index contributed by atoms with van der Waals surface area (Å²) in [5.74, 6) is -2.05. The highest BCUT2D eigenvalue weighted by atomic mass is 16.6. The fourth-order valence-electron chi connectivity index (χ4n) is 4.02. The molecule has 10 heteroatoms. The molecule has 0 aliphatic carbocycles. The molecule has 38 heavy (non-hydrogen) atoms. The summed E-state index contributed by atoms with van der Waals surface area (Å²) < 4.78 is 21.8. The minimum absolute atomic E-state index is 0.108. The molecule has 3 rings (SSSR count). The summed E-state index contributed by atoms with van der Waals surface area (Å²) in [5, 5.41) is 11.1. The minimum Gasteiger partial charge on any atom is -0.497 e. The van der Waals surface area contributed by atoms with E-state index in [1.54, 1.807) is 48.5 Å². The van der Waals surface area contributed by atoms with Crippen molar-refractivity contribution in [3.63, 3.8) is 0 Å². The molecule has 0 heterocycles. The lowest BCUT2D eigenvalue weighted by Crippen LogP contribution is -2.33. The molecule has 0 saturated carbocycles. The van der Waals surface area contributed by atoms with Crippen LogP contribution in [0.1, 0.15) is 47.5 Å². The van der Waals surface area contributed by atoms with Crippen molar-refractivity contribution in [3.8, 4) is 11.5 Å². The van der Waals surface area contributed by atoms with E-state index in [2.05, 4.69) is 0 Å². The van der Waals surface area contributed by atoms with Gasteiger partial charge in [-0.3, -0.25) is 24.5 Å². The first-order valence-corrected chi connectivity index (χ1v) is 11.6. The number of rotatable bonds is 11. The summed E-state index contributed by atoms with van der Waals surface area (Å²) in [6.07, 6.45) is -2.37. The number of benzene rings is 3. The summed E-state index contributed by atoms with van der Waals surface area (Å²) in [5.41, 5.74) is 0.812. The van der Waals surface area contributed by atoms with Crippen LogP contribution in [-0.2, 0) is 19.1 Å². The van der Waals surface area contributed by atoms with Gasteiger partial charge in [0.25, 0.3) is 5.69 Å². The van der Waals surface area contributed by atoms with Crippen LogP contribution < -0.4 is 9.47 Å². The molecule has 0 radical (unpaired) electrons. The number of hydrogen-bond acceptors (Lipinski definition) is 9. The molecule has 0 fully saturated rings. The van der Waals surface area contributed by atoms with E-state index in [0.29, 0.717) is 22.6 Å². The molecule has 0 amide bonds. The Balaban J connectivity index is 2.22. The number of Topliss-reactive ketones (excluding diaryl/α,β-unsaturated/α-hetero) is 1. The molecule has 198 valence electrons. The minimum atomic E-state index is -1.26. The maximum Gasteiger partial charge on any atom is 0.303 e. The Morgan fingerprint density at radius 3 is 1.39 bits per heavy atom. The van der Waals surface area contributed by atoms with Crippen LogP contribution >= 0.6 is 0 Å². The fraction of sp³-hybridized carbons (Fsp3) is 0.250. The van der Waals surface area contributed by atoms with Gasteiger partial charge in [0.05, 0.1) is 19.1 Å². The highest BCUT2D eigenvalue weighted by molar-refractivity contribution is 5.99. The van der Waals surface area contributed by atoms with Crippen LogP contribution in [0.5, 0.6) is 11.5 Å². The third kappa shape index (κ3) is 6.73. The van der Waals surface area contributed by atoms with E-state index in [4.69, 9.17) is 18.9 Å². The van der Waals surface area contributed by atoms with Crippen LogP contribution in [0.2, 0.25) is 0 Å². The number of nitro groups is 1. The van der Waals surface area contributed by atoms with Crippen molar-refractivity contribution in [2.75, 3.05) is 14.2 Å². The molecule has 0 spiro atoms. The van der Waals surface area contributed by atoms with Gasteiger partial charge in [-0.25, -0.2) is 0 Å². The van der Waals surface area contributed by atoms with Gasteiger partial charge >= 0.3 is 11.9 Å². The summed E-state index contributed by atoms with van der Waals surface area (Å²) in [4.78, 5) is 49.1. The first kappa shape index (κ1) is 27.9. The molecule has 0 aliphatic heterocycles. The summed E-state index contributed by atoms with van der Waals surface area (Å²) >= 11 is 0. The molecule has 3 aromatic carbocycles. The number of nitro benzene ring substituents is 1. The number of esters is 2. The molecular weight excluding hydrogens is 494 g/mol. The van der Waals surface area contributed by atoms with E-state index >= 15 is 0 Å². The molecule has 0 saturated heterocycles. The molecule has 0 aliphatic rings. The molecule has 0 aromatic heterocycles. The first-order chi connectivity index (χ1) is 18.1. The number of methoxy groups -OCH3 is 2.